The Bertz CT molecular complexity index is 261. The summed E-state index contributed by atoms with van der Waals surface area (Å²) in [5, 5.41) is 0. The molecule has 3 heteroatoms. The molecule has 3 aliphatic rings. The number of nitrogens with zero attached hydrogens (tertiary/aromatic N) is 2. The predicted octanol–water partition coefficient (Wildman–Crippen LogP) is 1.68. The van der Waals surface area contributed by atoms with Gasteiger partial charge in [-0.15, -0.1) is 0 Å². The Morgan fingerprint density at radius 1 is 0.889 bits per heavy atom. The van der Waals surface area contributed by atoms with Gasteiger partial charge in [-0.1, -0.05) is 19.3 Å². The van der Waals surface area contributed by atoms with Gasteiger partial charge in [0, 0.05) is 44.8 Å². The summed E-state index contributed by atoms with van der Waals surface area (Å²) in [6.45, 7) is 7.53. The van der Waals surface area contributed by atoms with Crippen LogP contribution in [0.25, 0.3) is 0 Å². The second-order valence-electron chi connectivity index (χ2n) is 6.94. The molecule has 0 aromatic carbocycles. The van der Waals surface area contributed by atoms with E-state index in [4.69, 9.17) is 5.73 Å². The van der Waals surface area contributed by atoms with E-state index in [-0.39, 0.29) is 5.54 Å². The maximum absolute atomic E-state index is 6.56. The van der Waals surface area contributed by atoms with Crippen LogP contribution in [0.4, 0.5) is 0 Å². The Labute approximate surface area is 112 Å². The first kappa shape index (κ1) is 12.9. The van der Waals surface area contributed by atoms with Gasteiger partial charge in [-0.2, -0.15) is 0 Å². The van der Waals surface area contributed by atoms with Crippen molar-refractivity contribution in [3.63, 3.8) is 0 Å². The number of hydrogen-bond acceptors (Lipinski definition) is 3. The van der Waals surface area contributed by atoms with E-state index in [0.29, 0.717) is 0 Å². The summed E-state index contributed by atoms with van der Waals surface area (Å²) in [4.78, 5) is 5.28. The summed E-state index contributed by atoms with van der Waals surface area (Å²) >= 11 is 0. The monoisotopic (exact) mass is 251 g/mol. The van der Waals surface area contributed by atoms with Gasteiger partial charge >= 0.3 is 0 Å². The summed E-state index contributed by atoms with van der Waals surface area (Å²) in [6.07, 6.45) is 9.53. The van der Waals surface area contributed by atoms with Gasteiger partial charge in [-0.3, -0.25) is 4.90 Å². The molecular weight excluding hydrogens is 222 g/mol. The highest BCUT2D eigenvalue weighted by atomic mass is 15.3. The van der Waals surface area contributed by atoms with Crippen molar-refractivity contribution in [1.82, 2.24) is 9.80 Å². The lowest BCUT2D eigenvalue weighted by molar-refractivity contribution is 0.0963. The van der Waals surface area contributed by atoms with Gasteiger partial charge in [0.1, 0.15) is 0 Å². The van der Waals surface area contributed by atoms with E-state index in [9.17, 15) is 0 Å². The molecule has 0 bridgehead atoms. The molecule has 2 aliphatic carbocycles. The van der Waals surface area contributed by atoms with Crippen LogP contribution in [-0.4, -0.2) is 54.6 Å². The topological polar surface area (TPSA) is 32.5 Å². The van der Waals surface area contributed by atoms with Gasteiger partial charge in [-0.25, -0.2) is 0 Å². The third-order valence-electron chi connectivity index (χ3n) is 5.07. The molecule has 2 saturated carbocycles. The molecule has 0 spiro atoms. The van der Waals surface area contributed by atoms with E-state index in [1.165, 1.54) is 77.7 Å². The molecular formula is C15H29N3. The van der Waals surface area contributed by atoms with E-state index in [0.717, 1.165) is 12.5 Å². The molecule has 3 rings (SSSR count). The van der Waals surface area contributed by atoms with Crippen LogP contribution in [0.15, 0.2) is 0 Å². The highest BCUT2D eigenvalue weighted by Gasteiger charge is 2.32. The third-order valence-corrected chi connectivity index (χ3v) is 5.07. The fourth-order valence-electron chi connectivity index (χ4n) is 3.65. The van der Waals surface area contributed by atoms with Crippen LogP contribution < -0.4 is 5.73 Å². The number of hydrogen-bond donors (Lipinski definition) is 1. The molecule has 18 heavy (non-hydrogen) atoms. The molecule has 104 valence electrons. The minimum atomic E-state index is 0.136. The van der Waals surface area contributed by atoms with Crippen molar-refractivity contribution in [2.45, 2.75) is 50.5 Å². The molecule has 2 N–H and O–H groups in total. The van der Waals surface area contributed by atoms with Crippen LogP contribution in [0.2, 0.25) is 0 Å². The zero-order valence-corrected chi connectivity index (χ0v) is 11.7. The lowest BCUT2D eigenvalue weighted by Gasteiger charge is -2.41. The van der Waals surface area contributed by atoms with Crippen LogP contribution >= 0.6 is 0 Å². The fourth-order valence-corrected chi connectivity index (χ4v) is 3.65. The number of rotatable bonds is 4. The maximum atomic E-state index is 6.56. The second kappa shape index (κ2) is 5.48. The molecule has 1 saturated heterocycles. The largest absolute Gasteiger partial charge is 0.324 e. The molecule has 1 heterocycles. The highest BCUT2D eigenvalue weighted by molar-refractivity contribution is 4.91. The van der Waals surface area contributed by atoms with E-state index >= 15 is 0 Å². The van der Waals surface area contributed by atoms with Crippen LogP contribution in [0.1, 0.15) is 44.9 Å². The smallest absolute Gasteiger partial charge is 0.0283 e. The first-order valence-electron chi connectivity index (χ1n) is 7.97. The van der Waals surface area contributed by atoms with Crippen molar-refractivity contribution < 1.29 is 0 Å². The average molecular weight is 251 g/mol. The minimum Gasteiger partial charge on any atom is -0.324 e. The van der Waals surface area contributed by atoms with Crippen LogP contribution in [0.5, 0.6) is 0 Å². The van der Waals surface area contributed by atoms with Crippen molar-refractivity contribution in [3.05, 3.63) is 0 Å². The summed E-state index contributed by atoms with van der Waals surface area (Å²) in [5.41, 5.74) is 6.70. The van der Waals surface area contributed by atoms with Crippen molar-refractivity contribution in [2.24, 2.45) is 11.7 Å². The molecule has 3 nitrogen and oxygen atoms in total. The van der Waals surface area contributed by atoms with Crippen molar-refractivity contribution in [3.8, 4) is 0 Å². The van der Waals surface area contributed by atoms with Crippen molar-refractivity contribution >= 4 is 0 Å². The second-order valence-corrected chi connectivity index (χ2v) is 6.94. The maximum Gasteiger partial charge on any atom is 0.0283 e. The first-order valence-corrected chi connectivity index (χ1v) is 7.97. The van der Waals surface area contributed by atoms with Gasteiger partial charge in [0.05, 0.1) is 0 Å². The van der Waals surface area contributed by atoms with Gasteiger partial charge in [0.15, 0.2) is 0 Å². The fraction of sp³-hybridized carbons (Fsp3) is 1.00. The lowest BCUT2D eigenvalue weighted by Crippen LogP contribution is -2.56. The molecule has 0 radical (unpaired) electrons. The van der Waals surface area contributed by atoms with Gasteiger partial charge < -0.3 is 10.6 Å². The predicted molar refractivity (Wildman–Crippen MR) is 75.6 cm³/mol. The third kappa shape index (κ3) is 3.46. The van der Waals surface area contributed by atoms with Gasteiger partial charge in [0.2, 0.25) is 0 Å². The van der Waals surface area contributed by atoms with E-state index in [1.54, 1.807) is 0 Å². The summed E-state index contributed by atoms with van der Waals surface area (Å²) in [7, 11) is 0. The van der Waals surface area contributed by atoms with Crippen molar-refractivity contribution in [2.75, 3.05) is 39.3 Å². The minimum absolute atomic E-state index is 0.136. The Hall–Kier alpha value is -0.120. The standard InChI is InChI=1S/C15H29N3/c16-15(6-2-1-3-7-15)13-18-10-8-17(9-11-18)12-14-4-5-14/h14H,1-13,16H2. The SMILES string of the molecule is NC1(CN2CCN(CC3CC3)CC2)CCCCC1. The Morgan fingerprint density at radius 3 is 2.11 bits per heavy atom. The Balaban J connectivity index is 1.41. The zero-order valence-electron chi connectivity index (χ0n) is 11.7. The Kier molecular flexibility index (Phi) is 3.92. The van der Waals surface area contributed by atoms with E-state index in [2.05, 4.69) is 9.80 Å². The first-order chi connectivity index (χ1) is 8.73. The summed E-state index contributed by atoms with van der Waals surface area (Å²) in [6, 6.07) is 0. The molecule has 3 fully saturated rings. The molecule has 0 aromatic rings. The quantitative estimate of drug-likeness (QED) is 0.825. The van der Waals surface area contributed by atoms with Crippen LogP contribution in [0, 0.1) is 5.92 Å². The highest BCUT2D eigenvalue weighted by Crippen LogP contribution is 2.30. The van der Waals surface area contributed by atoms with E-state index in [1.807, 2.05) is 0 Å². The number of piperazine rings is 1. The van der Waals surface area contributed by atoms with E-state index < -0.39 is 0 Å². The average Bonchev–Trinajstić information content (AvgIpc) is 3.16. The molecule has 1 aliphatic heterocycles. The zero-order chi connectivity index (χ0) is 12.4. The normalized spacial score (nSPS) is 30.5. The molecule has 0 atom stereocenters. The molecule has 0 unspecified atom stereocenters. The summed E-state index contributed by atoms with van der Waals surface area (Å²) < 4.78 is 0. The van der Waals surface area contributed by atoms with Crippen molar-refractivity contribution in [1.29, 1.82) is 0 Å². The summed E-state index contributed by atoms with van der Waals surface area (Å²) in [5.74, 6) is 1.04. The Morgan fingerprint density at radius 2 is 1.50 bits per heavy atom. The van der Waals surface area contributed by atoms with Crippen LogP contribution in [0.3, 0.4) is 0 Å². The number of nitrogens with two attached hydrogens (primary N) is 1. The van der Waals surface area contributed by atoms with Crippen LogP contribution in [-0.2, 0) is 0 Å². The molecule has 0 amide bonds. The lowest BCUT2D eigenvalue weighted by atomic mass is 9.82. The molecule has 0 aromatic heterocycles. The van der Waals surface area contributed by atoms with Gasteiger partial charge in [-0.05, 0) is 31.6 Å². The van der Waals surface area contributed by atoms with Gasteiger partial charge in [0.25, 0.3) is 0 Å².